The number of carbonyl (C=O) groups is 1. The van der Waals surface area contributed by atoms with Crippen molar-refractivity contribution in [3.63, 3.8) is 0 Å². The van der Waals surface area contributed by atoms with Gasteiger partial charge in [0.1, 0.15) is 18.1 Å². The molecule has 0 spiro atoms. The van der Waals surface area contributed by atoms with Gasteiger partial charge in [0.25, 0.3) is 5.91 Å². The van der Waals surface area contributed by atoms with E-state index in [2.05, 4.69) is 31.5 Å². The largest absolute Gasteiger partial charge is 0.489 e. The van der Waals surface area contributed by atoms with Crippen molar-refractivity contribution in [2.45, 2.75) is 33.9 Å². The van der Waals surface area contributed by atoms with Crippen LogP contribution in [0.4, 0.5) is 5.82 Å². The number of anilines is 1. The van der Waals surface area contributed by atoms with Crippen molar-refractivity contribution in [2.24, 2.45) is 0 Å². The lowest BCUT2D eigenvalue weighted by Gasteiger charge is -2.09. The number of aromatic nitrogens is 3. The second kappa shape index (κ2) is 10.2. The summed E-state index contributed by atoms with van der Waals surface area (Å²) in [5, 5.41) is 12.1. The molecule has 10 heteroatoms. The summed E-state index contributed by atoms with van der Waals surface area (Å²) >= 11 is 15.5. The van der Waals surface area contributed by atoms with Gasteiger partial charge in [0.05, 0.1) is 26.6 Å². The van der Waals surface area contributed by atoms with Crippen LogP contribution in [0.5, 0.6) is 5.75 Å². The van der Waals surface area contributed by atoms with Crippen LogP contribution in [0.25, 0.3) is 0 Å². The summed E-state index contributed by atoms with van der Waals surface area (Å²) in [5.41, 5.74) is 3.94. The third-order valence-corrected chi connectivity index (χ3v) is 6.66. The number of halogens is 3. The maximum Gasteiger partial charge on any atom is 0.279 e. The van der Waals surface area contributed by atoms with Crippen LogP contribution in [0.15, 0.2) is 51.6 Å². The van der Waals surface area contributed by atoms with E-state index in [1.165, 1.54) is 5.56 Å². The van der Waals surface area contributed by atoms with Gasteiger partial charge in [-0.3, -0.25) is 9.48 Å². The second-order valence-electron chi connectivity index (χ2n) is 7.83. The first-order valence-corrected chi connectivity index (χ1v) is 11.9. The van der Waals surface area contributed by atoms with Gasteiger partial charge in [-0.15, -0.1) is 0 Å². The summed E-state index contributed by atoms with van der Waals surface area (Å²) in [4.78, 5) is 13.0. The van der Waals surface area contributed by atoms with Crippen LogP contribution in [0.2, 0.25) is 10.0 Å². The SMILES string of the molecule is Cc1ccc(OCc2c(C(=O)Nc3nn(Cc4ccc(Cl)c(Cl)c4)cc3Br)noc2C)cc1C. The van der Waals surface area contributed by atoms with E-state index < -0.39 is 5.91 Å². The van der Waals surface area contributed by atoms with E-state index in [1.807, 2.05) is 38.1 Å². The Bertz CT molecular complexity index is 1370. The zero-order chi connectivity index (χ0) is 24.4. The first-order valence-electron chi connectivity index (χ1n) is 10.3. The Hall–Kier alpha value is -2.81. The van der Waals surface area contributed by atoms with Gasteiger partial charge in [-0.2, -0.15) is 5.10 Å². The van der Waals surface area contributed by atoms with Gasteiger partial charge in [0.15, 0.2) is 11.5 Å². The molecule has 4 rings (SSSR count). The van der Waals surface area contributed by atoms with Gasteiger partial charge in [0.2, 0.25) is 0 Å². The van der Waals surface area contributed by atoms with E-state index in [0.29, 0.717) is 44.0 Å². The Kier molecular flexibility index (Phi) is 7.30. The van der Waals surface area contributed by atoms with Crippen LogP contribution >= 0.6 is 39.1 Å². The second-order valence-corrected chi connectivity index (χ2v) is 9.50. The number of aryl methyl sites for hydroxylation is 3. The number of hydrogen-bond acceptors (Lipinski definition) is 5. The van der Waals surface area contributed by atoms with Gasteiger partial charge in [0, 0.05) is 6.20 Å². The Morgan fingerprint density at radius 2 is 1.91 bits per heavy atom. The Morgan fingerprint density at radius 3 is 2.65 bits per heavy atom. The number of rotatable bonds is 7. The molecule has 0 bridgehead atoms. The third-order valence-electron chi connectivity index (χ3n) is 5.34. The average molecular weight is 564 g/mol. The molecule has 0 aliphatic rings. The van der Waals surface area contributed by atoms with E-state index >= 15 is 0 Å². The maximum atomic E-state index is 13.0. The molecule has 0 saturated heterocycles. The lowest BCUT2D eigenvalue weighted by molar-refractivity contribution is 0.101. The number of benzene rings is 2. The van der Waals surface area contributed by atoms with Gasteiger partial charge in [-0.1, -0.05) is 40.5 Å². The lowest BCUT2D eigenvalue weighted by Crippen LogP contribution is -2.16. The van der Waals surface area contributed by atoms with Gasteiger partial charge in [-0.05, 0) is 77.7 Å². The highest BCUT2D eigenvalue weighted by molar-refractivity contribution is 9.10. The number of ether oxygens (including phenoxy) is 1. The van der Waals surface area contributed by atoms with Gasteiger partial charge < -0.3 is 14.6 Å². The van der Waals surface area contributed by atoms with Crippen molar-refractivity contribution in [3.8, 4) is 5.75 Å². The predicted octanol–water partition coefficient (Wildman–Crippen LogP) is 6.75. The number of amides is 1. The first kappa shape index (κ1) is 24.3. The fourth-order valence-electron chi connectivity index (χ4n) is 3.25. The van der Waals surface area contributed by atoms with Gasteiger partial charge >= 0.3 is 0 Å². The highest BCUT2D eigenvalue weighted by Gasteiger charge is 2.22. The van der Waals surface area contributed by atoms with Crippen molar-refractivity contribution in [1.82, 2.24) is 14.9 Å². The van der Waals surface area contributed by atoms with Crippen LogP contribution in [-0.2, 0) is 13.2 Å². The molecule has 1 N–H and O–H groups in total. The first-order chi connectivity index (χ1) is 16.2. The van der Waals surface area contributed by atoms with Crippen LogP contribution in [0.1, 0.15) is 38.5 Å². The molecule has 0 radical (unpaired) electrons. The summed E-state index contributed by atoms with van der Waals surface area (Å²) in [6, 6.07) is 11.2. The highest BCUT2D eigenvalue weighted by atomic mass is 79.9. The molecule has 2 aromatic carbocycles. The average Bonchev–Trinajstić information content (AvgIpc) is 3.33. The van der Waals surface area contributed by atoms with E-state index in [4.69, 9.17) is 32.5 Å². The Labute approximate surface area is 215 Å². The Balaban J connectivity index is 1.46. The fraction of sp³-hybridized carbons (Fsp3) is 0.208. The zero-order valence-electron chi connectivity index (χ0n) is 18.7. The summed E-state index contributed by atoms with van der Waals surface area (Å²) in [6.07, 6.45) is 1.76. The summed E-state index contributed by atoms with van der Waals surface area (Å²) in [5.74, 6) is 1.12. The van der Waals surface area contributed by atoms with E-state index in [0.717, 1.165) is 11.1 Å². The molecule has 2 aromatic heterocycles. The van der Waals surface area contributed by atoms with Crippen LogP contribution in [0, 0.1) is 20.8 Å². The van der Waals surface area contributed by atoms with E-state index in [9.17, 15) is 4.79 Å². The van der Waals surface area contributed by atoms with Crippen LogP contribution in [-0.4, -0.2) is 20.8 Å². The smallest absolute Gasteiger partial charge is 0.279 e. The van der Waals surface area contributed by atoms with Crippen molar-refractivity contribution in [2.75, 3.05) is 5.32 Å². The molecular formula is C24H21BrCl2N4O3. The molecule has 1 amide bonds. The molecule has 2 heterocycles. The normalized spacial score (nSPS) is 11.0. The fourth-order valence-corrected chi connectivity index (χ4v) is 3.99. The third kappa shape index (κ3) is 5.46. The summed E-state index contributed by atoms with van der Waals surface area (Å²) in [7, 11) is 0. The monoisotopic (exact) mass is 562 g/mol. The van der Waals surface area contributed by atoms with E-state index in [-0.39, 0.29) is 12.3 Å². The number of carbonyl (C=O) groups excluding carboxylic acids is 1. The molecule has 34 heavy (non-hydrogen) atoms. The highest BCUT2D eigenvalue weighted by Crippen LogP contribution is 2.26. The molecule has 0 atom stereocenters. The zero-order valence-corrected chi connectivity index (χ0v) is 21.8. The Morgan fingerprint density at radius 1 is 1.12 bits per heavy atom. The van der Waals surface area contributed by atoms with Crippen LogP contribution < -0.4 is 10.1 Å². The van der Waals surface area contributed by atoms with Crippen molar-refractivity contribution >= 4 is 50.9 Å². The van der Waals surface area contributed by atoms with Crippen molar-refractivity contribution in [1.29, 1.82) is 0 Å². The lowest BCUT2D eigenvalue weighted by atomic mass is 10.1. The van der Waals surface area contributed by atoms with Crippen molar-refractivity contribution < 1.29 is 14.1 Å². The van der Waals surface area contributed by atoms with Crippen LogP contribution in [0.3, 0.4) is 0 Å². The minimum Gasteiger partial charge on any atom is -0.489 e. The molecule has 176 valence electrons. The molecule has 0 aliphatic carbocycles. The molecule has 7 nitrogen and oxygen atoms in total. The minimum absolute atomic E-state index is 0.146. The van der Waals surface area contributed by atoms with Crippen molar-refractivity contribution in [3.05, 3.63) is 90.8 Å². The molecule has 0 saturated carbocycles. The summed E-state index contributed by atoms with van der Waals surface area (Å²) in [6.45, 7) is 6.39. The van der Waals surface area contributed by atoms with E-state index in [1.54, 1.807) is 29.9 Å². The summed E-state index contributed by atoms with van der Waals surface area (Å²) < 4.78 is 13.5. The minimum atomic E-state index is -0.448. The molecule has 4 aromatic rings. The van der Waals surface area contributed by atoms with Gasteiger partial charge in [-0.25, -0.2) is 0 Å². The number of nitrogens with zero attached hydrogens (tertiary/aromatic N) is 3. The molecule has 0 aliphatic heterocycles. The number of hydrogen-bond donors (Lipinski definition) is 1. The molecule has 0 fully saturated rings. The number of nitrogens with one attached hydrogen (secondary N) is 1. The standard InChI is InChI=1S/C24H21BrCl2N4O3/c1-13-4-6-17(8-14(13)2)33-12-18-15(3)34-30-22(18)24(32)28-23-19(25)11-31(29-23)10-16-5-7-20(26)21(27)9-16/h4-9,11H,10,12H2,1-3H3,(H,28,29,32). The molecular weight excluding hydrogens is 543 g/mol. The maximum absolute atomic E-state index is 13.0. The quantitative estimate of drug-likeness (QED) is 0.269. The topological polar surface area (TPSA) is 82.2 Å². The molecule has 0 unspecified atom stereocenters. The predicted molar refractivity (Wildman–Crippen MR) is 135 cm³/mol.